The topological polar surface area (TPSA) is 52.9 Å². The number of hydrogen-bond acceptors (Lipinski definition) is 2. The van der Waals surface area contributed by atoms with E-state index in [0.717, 1.165) is 17.3 Å². The second-order valence-corrected chi connectivity index (χ2v) is 3.74. The Morgan fingerprint density at radius 3 is 2.67 bits per heavy atom. The van der Waals surface area contributed by atoms with Gasteiger partial charge in [-0.05, 0) is 30.7 Å². The Hall–Kier alpha value is -1.55. The average molecular weight is 205 g/mol. The highest BCUT2D eigenvalue weighted by Crippen LogP contribution is 2.12. The maximum Gasteiger partial charge on any atom is 0.274 e. The van der Waals surface area contributed by atoms with Gasteiger partial charge in [-0.3, -0.25) is 14.2 Å². The van der Waals surface area contributed by atoms with Gasteiger partial charge in [-0.2, -0.15) is 0 Å². The average Bonchev–Trinajstić information content (AvgIpc) is 2.45. The summed E-state index contributed by atoms with van der Waals surface area (Å²) in [5, 5.41) is 0.765. The lowest BCUT2D eigenvalue weighted by Crippen LogP contribution is -2.16. The molecular formula is C11H15N3O. The highest BCUT2D eigenvalue weighted by Gasteiger charge is 2.07. The van der Waals surface area contributed by atoms with E-state index >= 15 is 0 Å². The Morgan fingerprint density at radius 1 is 1.27 bits per heavy atom. The van der Waals surface area contributed by atoms with Crippen LogP contribution in [0.15, 0.2) is 23.0 Å². The molecule has 0 saturated carbocycles. The minimum Gasteiger partial charge on any atom is -0.330 e. The third-order valence-electron chi connectivity index (χ3n) is 2.82. The first-order valence-corrected chi connectivity index (χ1v) is 5.00. The summed E-state index contributed by atoms with van der Waals surface area (Å²) in [7, 11) is 3.65. The summed E-state index contributed by atoms with van der Waals surface area (Å²) < 4.78 is 3.47. The van der Waals surface area contributed by atoms with E-state index in [4.69, 9.17) is 5.73 Å². The van der Waals surface area contributed by atoms with E-state index in [9.17, 15) is 4.79 Å². The summed E-state index contributed by atoms with van der Waals surface area (Å²) >= 11 is 0. The molecule has 0 aliphatic heterocycles. The lowest BCUT2D eigenvalue weighted by atomic mass is 10.1. The molecule has 0 aliphatic rings. The summed E-state index contributed by atoms with van der Waals surface area (Å²) in [6, 6.07) is 5.88. The maximum absolute atomic E-state index is 11.7. The highest BCUT2D eigenvalue weighted by molar-refractivity contribution is 5.79. The van der Waals surface area contributed by atoms with Crippen molar-refractivity contribution in [3.8, 4) is 0 Å². The van der Waals surface area contributed by atoms with E-state index in [0.29, 0.717) is 6.54 Å². The van der Waals surface area contributed by atoms with Crippen molar-refractivity contribution < 1.29 is 0 Å². The quantitative estimate of drug-likeness (QED) is 0.770. The molecule has 0 saturated heterocycles. The number of aromatic nitrogens is 2. The minimum absolute atomic E-state index is 0.0480. The molecule has 80 valence electrons. The molecule has 1 aromatic heterocycles. The van der Waals surface area contributed by atoms with Crippen molar-refractivity contribution >= 4 is 10.9 Å². The van der Waals surface area contributed by atoms with Gasteiger partial charge in [0.15, 0.2) is 0 Å². The van der Waals surface area contributed by atoms with Crippen molar-refractivity contribution in [2.75, 3.05) is 6.54 Å². The number of nitrogens with zero attached hydrogens (tertiary/aromatic N) is 2. The zero-order valence-electron chi connectivity index (χ0n) is 9.03. The normalized spacial score (nSPS) is 11.1. The summed E-state index contributed by atoms with van der Waals surface area (Å²) in [5.74, 6) is 0. The molecule has 15 heavy (non-hydrogen) atoms. The molecule has 2 rings (SSSR count). The van der Waals surface area contributed by atoms with Crippen LogP contribution in [0.1, 0.15) is 5.56 Å². The predicted molar refractivity (Wildman–Crippen MR) is 60.9 cm³/mol. The van der Waals surface area contributed by atoms with Crippen molar-refractivity contribution in [1.82, 2.24) is 9.36 Å². The van der Waals surface area contributed by atoms with Crippen molar-refractivity contribution in [1.29, 1.82) is 0 Å². The van der Waals surface area contributed by atoms with Gasteiger partial charge in [-0.15, -0.1) is 0 Å². The van der Waals surface area contributed by atoms with E-state index in [-0.39, 0.29) is 5.56 Å². The molecule has 1 aromatic carbocycles. The van der Waals surface area contributed by atoms with E-state index in [1.807, 2.05) is 29.9 Å². The van der Waals surface area contributed by atoms with Gasteiger partial charge >= 0.3 is 0 Å². The molecule has 0 aliphatic carbocycles. The zero-order valence-corrected chi connectivity index (χ0v) is 9.03. The van der Waals surface area contributed by atoms with Gasteiger partial charge < -0.3 is 5.73 Å². The number of benzene rings is 1. The summed E-state index contributed by atoms with van der Waals surface area (Å²) in [5.41, 5.74) is 7.69. The van der Waals surface area contributed by atoms with Crippen molar-refractivity contribution in [3.05, 3.63) is 34.1 Å². The van der Waals surface area contributed by atoms with Crippen LogP contribution < -0.4 is 11.3 Å². The van der Waals surface area contributed by atoms with Gasteiger partial charge in [-0.25, -0.2) is 0 Å². The van der Waals surface area contributed by atoms with Crippen LogP contribution in [0.25, 0.3) is 10.9 Å². The van der Waals surface area contributed by atoms with Crippen LogP contribution in [0, 0.1) is 0 Å². The number of aryl methyl sites for hydroxylation is 1. The smallest absolute Gasteiger partial charge is 0.274 e. The highest BCUT2D eigenvalue weighted by atomic mass is 16.1. The van der Waals surface area contributed by atoms with Crippen LogP contribution >= 0.6 is 0 Å². The second kappa shape index (κ2) is 3.55. The van der Waals surface area contributed by atoms with Crippen molar-refractivity contribution in [3.63, 3.8) is 0 Å². The predicted octanol–water partition coefficient (Wildman–Crippen LogP) is 0.378. The Kier molecular flexibility index (Phi) is 2.36. The number of fused-ring (bicyclic) bond motifs is 1. The molecule has 4 heteroatoms. The van der Waals surface area contributed by atoms with Gasteiger partial charge in [0, 0.05) is 14.1 Å². The van der Waals surface area contributed by atoms with Crippen LogP contribution in [-0.2, 0) is 20.5 Å². The standard InChI is InChI=1S/C11H15N3O/c1-13-10-7-8(5-6-12)3-4-9(10)11(15)14(13)2/h3-4,7H,5-6,12H2,1-2H3. The van der Waals surface area contributed by atoms with Gasteiger partial charge in [0.2, 0.25) is 0 Å². The third-order valence-corrected chi connectivity index (χ3v) is 2.82. The van der Waals surface area contributed by atoms with E-state index in [1.54, 1.807) is 11.7 Å². The number of hydrogen-bond donors (Lipinski definition) is 1. The molecule has 0 unspecified atom stereocenters. The zero-order chi connectivity index (χ0) is 11.0. The molecular weight excluding hydrogens is 190 g/mol. The molecule has 0 amide bonds. The molecule has 0 fully saturated rings. The number of rotatable bonds is 2. The lowest BCUT2D eigenvalue weighted by molar-refractivity contribution is 0.595. The van der Waals surface area contributed by atoms with Crippen LogP contribution in [-0.4, -0.2) is 15.9 Å². The third kappa shape index (κ3) is 1.47. The lowest BCUT2D eigenvalue weighted by Gasteiger charge is -2.01. The molecule has 0 spiro atoms. The number of nitrogens with two attached hydrogens (primary N) is 1. The van der Waals surface area contributed by atoms with E-state index in [2.05, 4.69) is 0 Å². The van der Waals surface area contributed by atoms with Crippen LogP contribution in [0.4, 0.5) is 0 Å². The van der Waals surface area contributed by atoms with Gasteiger partial charge in [0.05, 0.1) is 10.9 Å². The van der Waals surface area contributed by atoms with Crippen molar-refractivity contribution in [2.24, 2.45) is 19.8 Å². The summed E-state index contributed by atoms with van der Waals surface area (Å²) in [4.78, 5) is 11.7. The molecule has 0 bridgehead atoms. The SMILES string of the molecule is Cn1c(=O)c2ccc(CCN)cc2n1C. The Balaban J connectivity index is 2.71. The molecule has 2 aromatic rings. The molecule has 0 radical (unpaired) electrons. The van der Waals surface area contributed by atoms with Gasteiger partial charge in [0.25, 0.3) is 5.56 Å². The molecule has 4 nitrogen and oxygen atoms in total. The second-order valence-electron chi connectivity index (χ2n) is 3.74. The van der Waals surface area contributed by atoms with Gasteiger partial charge in [0.1, 0.15) is 0 Å². The fourth-order valence-electron chi connectivity index (χ4n) is 1.82. The Labute approximate surface area is 87.9 Å². The molecule has 0 atom stereocenters. The first kappa shape index (κ1) is 9.98. The summed E-state index contributed by atoms with van der Waals surface area (Å²) in [6.07, 6.45) is 0.846. The molecule has 2 N–H and O–H groups in total. The molecule has 1 heterocycles. The largest absolute Gasteiger partial charge is 0.330 e. The van der Waals surface area contributed by atoms with Crippen LogP contribution in [0.3, 0.4) is 0 Å². The van der Waals surface area contributed by atoms with Crippen LogP contribution in [0.2, 0.25) is 0 Å². The van der Waals surface area contributed by atoms with Gasteiger partial charge in [-0.1, -0.05) is 6.07 Å². The fourth-order valence-corrected chi connectivity index (χ4v) is 1.82. The van der Waals surface area contributed by atoms with E-state index in [1.165, 1.54) is 5.56 Å². The van der Waals surface area contributed by atoms with Crippen LogP contribution in [0.5, 0.6) is 0 Å². The first-order valence-electron chi connectivity index (χ1n) is 5.00. The van der Waals surface area contributed by atoms with Crippen molar-refractivity contribution in [2.45, 2.75) is 6.42 Å². The monoisotopic (exact) mass is 205 g/mol. The maximum atomic E-state index is 11.7. The minimum atomic E-state index is 0.0480. The Morgan fingerprint density at radius 2 is 2.00 bits per heavy atom. The Bertz CT molecular complexity index is 551. The first-order chi connectivity index (χ1) is 7.15. The summed E-state index contributed by atoms with van der Waals surface area (Å²) in [6.45, 7) is 0.631. The van der Waals surface area contributed by atoms with E-state index < -0.39 is 0 Å². The fraction of sp³-hybridized carbons (Fsp3) is 0.364.